The molecule has 2 heterocycles. The van der Waals surface area contributed by atoms with E-state index in [1.165, 1.54) is 12.1 Å². The molecule has 0 saturated heterocycles. The summed E-state index contributed by atoms with van der Waals surface area (Å²) in [7, 11) is 0. The molecule has 3 heteroatoms. The molecule has 1 atom stereocenters. The van der Waals surface area contributed by atoms with E-state index in [4.69, 9.17) is 10.7 Å². The van der Waals surface area contributed by atoms with Crippen LogP contribution in [0, 0.1) is 0 Å². The van der Waals surface area contributed by atoms with Crippen LogP contribution in [-0.4, -0.2) is 9.38 Å². The first kappa shape index (κ1) is 14.1. The number of nitrogens with two attached hydrogens (primary N) is 1. The maximum Gasteiger partial charge on any atom is 0.137 e. The highest BCUT2D eigenvalue weighted by atomic mass is 15.0. The standard InChI is InChI=1S/C16H25N3/c1-5-6-9-12(17)14-15(16(2,3)4)18-13-10-7-8-11-19(13)14/h7-8,10-12H,5-6,9,17H2,1-4H3. The van der Waals surface area contributed by atoms with E-state index >= 15 is 0 Å². The molecule has 0 aliphatic heterocycles. The molecule has 2 aromatic heterocycles. The zero-order valence-corrected chi connectivity index (χ0v) is 12.5. The molecule has 0 aliphatic rings. The van der Waals surface area contributed by atoms with Gasteiger partial charge in [-0.15, -0.1) is 0 Å². The van der Waals surface area contributed by atoms with Gasteiger partial charge in [0.1, 0.15) is 5.65 Å². The van der Waals surface area contributed by atoms with Crippen molar-refractivity contribution in [1.82, 2.24) is 9.38 Å². The van der Waals surface area contributed by atoms with Crippen molar-refractivity contribution in [2.24, 2.45) is 5.73 Å². The van der Waals surface area contributed by atoms with Crippen molar-refractivity contribution in [3.63, 3.8) is 0 Å². The fourth-order valence-electron chi connectivity index (χ4n) is 2.48. The van der Waals surface area contributed by atoms with Gasteiger partial charge in [-0.05, 0) is 18.6 Å². The highest BCUT2D eigenvalue weighted by Crippen LogP contribution is 2.31. The summed E-state index contributed by atoms with van der Waals surface area (Å²) in [6.45, 7) is 8.80. The van der Waals surface area contributed by atoms with Crippen LogP contribution in [0.3, 0.4) is 0 Å². The molecule has 2 aromatic rings. The lowest BCUT2D eigenvalue weighted by molar-refractivity contribution is 0.529. The molecule has 104 valence electrons. The van der Waals surface area contributed by atoms with Crippen molar-refractivity contribution in [3.8, 4) is 0 Å². The number of aromatic nitrogens is 2. The third-order valence-electron chi connectivity index (χ3n) is 3.50. The van der Waals surface area contributed by atoms with Crippen LogP contribution in [-0.2, 0) is 5.41 Å². The van der Waals surface area contributed by atoms with Gasteiger partial charge in [0, 0.05) is 17.7 Å². The number of hydrogen-bond donors (Lipinski definition) is 1. The minimum Gasteiger partial charge on any atom is -0.323 e. The molecule has 0 aromatic carbocycles. The Bertz CT molecular complexity index is 549. The van der Waals surface area contributed by atoms with Gasteiger partial charge >= 0.3 is 0 Å². The van der Waals surface area contributed by atoms with Gasteiger partial charge in [0.15, 0.2) is 0 Å². The Hall–Kier alpha value is -1.35. The van der Waals surface area contributed by atoms with E-state index in [0.717, 1.165) is 24.2 Å². The van der Waals surface area contributed by atoms with E-state index in [1.54, 1.807) is 0 Å². The number of unbranched alkanes of at least 4 members (excludes halogenated alkanes) is 1. The molecule has 0 bridgehead atoms. The summed E-state index contributed by atoms with van der Waals surface area (Å²) in [5.41, 5.74) is 9.75. The lowest BCUT2D eigenvalue weighted by Crippen LogP contribution is -2.21. The Morgan fingerprint density at radius 3 is 2.68 bits per heavy atom. The molecule has 0 spiro atoms. The average Bonchev–Trinajstić information content (AvgIpc) is 2.75. The summed E-state index contributed by atoms with van der Waals surface area (Å²) in [4.78, 5) is 4.80. The number of rotatable bonds is 4. The van der Waals surface area contributed by atoms with Crippen LogP contribution < -0.4 is 5.73 Å². The molecule has 2 rings (SSSR count). The third kappa shape index (κ3) is 2.81. The maximum absolute atomic E-state index is 6.43. The van der Waals surface area contributed by atoms with Crippen molar-refractivity contribution in [3.05, 3.63) is 35.8 Å². The van der Waals surface area contributed by atoms with Crippen molar-refractivity contribution in [2.75, 3.05) is 0 Å². The normalized spacial score (nSPS) is 13.9. The van der Waals surface area contributed by atoms with Crippen LogP contribution >= 0.6 is 0 Å². The predicted molar refractivity (Wildman–Crippen MR) is 80.3 cm³/mol. The molecule has 0 amide bonds. The van der Waals surface area contributed by atoms with E-state index in [9.17, 15) is 0 Å². The second-order valence-electron chi connectivity index (χ2n) is 6.27. The lowest BCUT2D eigenvalue weighted by atomic mass is 9.88. The minimum atomic E-state index is 0.0190. The lowest BCUT2D eigenvalue weighted by Gasteiger charge is -2.21. The fourth-order valence-corrected chi connectivity index (χ4v) is 2.48. The van der Waals surface area contributed by atoms with E-state index in [2.05, 4.69) is 38.3 Å². The smallest absolute Gasteiger partial charge is 0.137 e. The van der Waals surface area contributed by atoms with E-state index in [-0.39, 0.29) is 11.5 Å². The first-order valence-corrected chi connectivity index (χ1v) is 7.18. The molecule has 19 heavy (non-hydrogen) atoms. The molecular formula is C16H25N3. The Balaban J connectivity index is 2.54. The summed E-state index contributed by atoms with van der Waals surface area (Å²) in [5.74, 6) is 0. The van der Waals surface area contributed by atoms with Crippen LogP contribution in [0.4, 0.5) is 0 Å². The second kappa shape index (κ2) is 5.33. The molecule has 3 nitrogen and oxygen atoms in total. The first-order chi connectivity index (χ1) is 8.95. The second-order valence-corrected chi connectivity index (χ2v) is 6.27. The van der Waals surface area contributed by atoms with Gasteiger partial charge in [-0.3, -0.25) is 0 Å². The van der Waals surface area contributed by atoms with E-state index in [1.807, 2.05) is 18.2 Å². The summed E-state index contributed by atoms with van der Waals surface area (Å²) in [5, 5.41) is 0. The summed E-state index contributed by atoms with van der Waals surface area (Å²) in [6.07, 6.45) is 5.42. The van der Waals surface area contributed by atoms with Gasteiger partial charge in [0.25, 0.3) is 0 Å². The fraction of sp³-hybridized carbons (Fsp3) is 0.562. The summed E-state index contributed by atoms with van der Waals surface area (Å²) in [6, 6.07) is 6.17. The maximum atomic E-state index is 6.43. The monoisotopic (exact) mass is 259 g/mol. The SMILES string of the molecule is CCCCC(N)c1c(C(C)(C)C)nc2ccccn12. The molecule has 1 unspecified atom stereocenters. The third-order valence-corrected chi connectivity index (χ3v) is 3.50. The van der Waals surface area contributed by atoms with E-state index in [0.29, 0.717) is 0 Å². The first-order valence-electron chi connectivity index (χ1n) is 7.18. The molecule has 0 radical (unpaired) electrons. The average molecular weight is 259 g/mol. The Kier molecular flexibility index (Phi) is 3.95. The van der Waals surface area contributed by atoms with Crippen LogP contribution in [0.15, 0.2) is 24.4 Å². The molecule has 0 aliphatic carbocycles. The highest BCUT2D eigenvalue weighted by Gasteiger charge is 2.26. The van der Waals surface area contributed by atoms with Crippen molar-refractivity contribution in [2.45, 2.75) is 58.4 Å². The minimum absolute atomic E-state index is 0.0190. The number of hydrogen-bond acceptors (Lipinski definition) is 2. The highest BCUT2D eigenvalue weighted by molar-refractivity contribution is 5.45. The number of imidazole rings is 1. The zero-order valence-electron chi connectivity index (χ0n) is 12.5. The Morgan fingerprint density at radius 2 is 2.05 bits per heavy atom. The van der Waals surface area contributed by atoms with Crippen molar-refractivity contribution >= 4 is 5.65 Å². The van der Waals surface area contributed by atoms with Gasteiger partial charge in [-0.25, -0.2) is 4.98 Å². The Morgan fingerprint density at radius 1 is 1.32 bits per heavy atom. The van der Waals surface area contributed by atoms with Crippen LogP contribution in [0.1, 0.15) is 64.4 Å². The van der Waals surface area contributed by atoms with Gasteiger partial charge in [-0.2, -0.15) is 0 Å². The predicted octanol–water partition coefficient (Wildman–Crippen LogP) is 3.82. The number of fused-ring (bicyclic) bond motifs is 1. The zero-order chi connectivity index (χ0) is 14.0. The van der Waals surface area contributed by atoms with Crippen LogP contribution in [0.5, 0.6) is 0 Å². The Labute approximate surface area is 115 Å². The van der Waals surface area contributed by atoms with Gasteiger partial charge in [0.05, 0.1) is 11.4 Å². The number of pyridine rings is 1. The summed E-state index contributed by atoms with van der Waals surface area (Å²) >= 11 is 0. The largest absolute Gasteiger partial charge is 0.323 e. The van der Waals surface area contributed by atoms with Crippen molar-refractivity contribution in [1.29, 1.82) is 0 Å². The van der Waals surface area contributed by atoms with Crippen LogP contribution in [0.2, 0.25) is 0 Å². The molecule has 0 fully saturated rings. The van der Waals surface area contributed by atoms with Crippen LogP contribution in [0.25, 0.3) is 5.65 Å². The van der Waals surface area contributed by atoms with Gasteiger partial charge in [0.2, 0.25) is 0 Å². The quantitative estimate of drug-likeness (QED) is 0.907. The van der Waals surface area contributed by atoms with Gasteiger partial charge in [-0.1, -0.05) is 46.6 Å². The summed E-state index contributed by atoms with van der Waals surface area (Å²) < 4.78 is 2.15. The van der Waals surface area contributed by atoms with Crippen molar-refractivity contribution < 1.29 is 0 Å². The van der Waals surface area contributed by atoms with Gasteiger partial charge < -0.3 is 10.1 Å². The molecule has 2 N–H and O–H groups in total. The van der Waals surface area contributed by atoms with E-state index < -0.39 is 0 Å². The number of nitrogens with zero attached hydrogens (tertiary/aromatic N) is 2. The molecular weight excluding hydrogens is 234 g/mol. The molecule has 0 saturated carbocycles. The topological polar surface area (TPSA) is 43.3 Å².